The van der Waals surface area contributed by atoms with Crippen LogP contribution in [0.4, 0.5) is 0 Å². The number of hydrogen-bond acceptors (Lipinski definition) is 4. The van der Waals surface area contributed by atoms with Gasteiger partial charge in [0.05, 0.1) is 5.56 Å². The molecule has 2 aromatic carbocycles. The molecule has 3 rings (SSSR count). The summed E-state index contributed by atoms with van der Waals surface area (Å²) in [5, 5.41) is 2.77. The van der Waals surface area contributed by atoms with E-state index in [-0.39, 0.29) is 11.5 Å². The summed E-state index contributed by atoms with van der Waals surface area (Å²) in [7, 11) is 2.95. The highest BCUT2D eigenvalue weighted by molar-refractivity contribution is 5.91. The molecule has 30 heavy (non-hydrogen) atoms. The van der Waals surface area contributed by atoms with Crippen LogP contribution in [0.15, 0.2) is 76.5 Å². The van der Waals surface area contributed by atoms with Gasteiger partial charge in [0.2, 0.25) is 5.91 Å². The van der Waals surface area contributed by atoms with E-state index >= 15 is 0 Å². The predicted octanol–water partition coefficient (Wildman–Crippen LogP) is 1.99. The Kier molecular flexibility index (Phi) is 6.64. The van der Waals surface area contributed by atoms with Gasteiger partial charge in [0, 0.05) is 32.9 Å². The van der Waals surface area contributed by atoms with Crippen LogP contribution in [0.3, 0.4) is 0 Å². The summed E-state index contributed by atoms with van der Waals surface area (Å²) in [6, 6.07) is 17.4. The minimum atomic E-state index is -0.449. The van der Waals surface area contributed by atoms with E-state index in [1.807, 2.05) is 54.6 Å². The van der Waals surface area contributed by atoms with Crippen molar-refractivity contribution in [3.05, 3.63) is 104 Å². The highest BCUT2D eigenvalue weighted by Gasteiger charge is 2.05. The van der Waals surface area contributed by atoms with Crippen molar-refractivity contribution in [3.8, 4) is 5.75 Å². The second kappa shape index (κ2) is 9.56. The van der Waals surface area contributed by atoms with Crippen LogP contribution < -0.4 is 21.3 Å². The second-order valence-corrected chi connectivity index (χ2v) is 6.81. The molecule has 0 saturated heterocycles. The van der Waals surface area contributed by atoms with Gasteiger partial charge >= 0.3 is 5.69 Å². The summed E-state index contributed by atoms with van der Waals surface area (Å²) in [6.07, 6.45) is 4.09. The van der Waals surface area contributed by atoms with Crippen molar-refractivity contribution in [1.82, 2.24) is 14.5 Å². The second-order valence-electron chi connectivity index (χ2n) is 6.81. The van der Waals surface area contributed by atoms with Crippen molar-refractivity contribution in [2.75, 3.05) is 0 Å². The minimum absolute atomic E-state index is 0.262. The van der Waals surface area contributed by atoms with Crippen LogP contribution in [0.2, 0.25) is 0 Å². The molecular formula is C23H23N3O4. The lowest BCUT2D eigenvalue weighted by Crippen LogP contribution is -2.37. The Labute approximate surface area is 173 Å². The van der Waals surface area contributed by atoms with Crippen LogP contribution in [0, 0.1) is 0 Å². The number of para-hydroxylation sites is 1. The molecule has 0 aliphatic carbocycles. The van der Waals surface area contributed by atoms with Crippen molar-refractivity contribution in [2.24, 2.45) is 14.1 Å². The van der Waals surface area contributed by atoms with Crippen LogP contribution in [0.5, 0.6) is 5.75 Å². The number of ether oxygens (including phenoxy) is 1. The van der Waals surface area contributed by atoms with Crippen molar-refractivity contribution in [1.29, 1.82) is 0 Å². The molecule has 1 aromatic heterocycles. The summed E-state index contributed by atoms with van der Waals surface area (Å²) in [5.74, 6) is 0.483. The number of amides is 1. The van der Waals surface area contributed by atoms with E-state index < -0.39 is 11.2 Å². The summed E-state index contributed by atoms with van der Waals surface area (Å²) in [5.41, 5.74) is 1.37. The van der Waals surface area contributed by atoms with Gasteiger partial charge < -0.3 is 14.6 Å². The molecule has 0 aliphatic rings. The number of hydrogen-bond donors (Lipinski definition) is 1. The molecule has 0 aliphatic heterocycles. The van der Waals surface area contributed by atoms with Crippen molar-refractivity contribution < 1.29 is 9.53 Å². The molecule has 0 atom stereocenters. The lowest BCUT2D eigenvalue weighted by molar-refractivity contribution is -0.116. The Morgan fingerprint density at radius 3 is 2.37 bits per heavy atom. The minimum Gasteiger partial charge on any atom is -0.489 e. The maximum atomic E-state index is 12.1. The number of rotatable bonds is 7. The molecule has 0 saturated carbocycles. The lowest BCUT2D eigenvalue weighted by atomic mass is 10.1. The highest BCUT2D eigenvalue weighted by atomic mass is 16.5. The van der Waals surface area contributed by atoms with Crippen molar-refractivity contribution >= 4 is 12.0 Å². The first-order valence-electron chi connectivity index (χ1n) is 9.42. The van der Waals surface area contributed by atoms with Crippen LogP contribution >= 0.6 is 0 Å². The molecule has 0 unspecified atom stereocenters. The third-order valence-electron chi connectivity index (χ3n) is 4.53. The molecule has 7 nitrogen and oxygen atoms in total. The van der Waals surface area contributed by atoms with Gasteiger partial charge in [0.1, 0.15) is 12.4 Å². The van der Waals surface area contributed by atoms with Gasteiger partial charge in [-0.2, -0.15) is 0 Å². The molecule has 154 valence electrons. The van der Waals surface area contributed by atoms with Crippen molar-refractivity contribution in [2.45, 2.75) is 13.2 Å². The first kappa shape index (κ1) is 20.9. The van der Waals surface area contributed by atoms with E-state index in [9.17, 15) is 14.4 Å². The standard InChI is InChI=1S/C23H23N3O4/c1-25-15-19(22(28)26(2)23(25)29)12-13-21(27)24-14-17-8-10-18(11-9-17)16-30-20-6-4-3-5-7-20/h3-13,15H,14,16H2,1-2H3,(H,24,27)/b13-12+. The van der Waals surface area contributed by atoms with Gasteiger partial charge in [-0.3, -0.25) is 14.2 Å². The molecule has 0 spiro atoms. The fourth-order valence-corrected chi connectivity index (χ4v) is 2.80. The fourth-order valence-electron chi connectivity index (χ4n) is 2.80. The average molecular weight is 405 g/mol. The van der Waals surface area contributed by atoms with E-state index in [0.29, 0.717) is 13.2 Å². The first-order chi connectivity index (χ1) is 14.4. The van der Waals surface area contributed by atoms with E-state index in [4.69, 9.17) is 4.74 Å². The Balaban J connectivity index is 1.53. The normalized spacial score (nSPS) is 10.9. The zero-order valence-electron chi connectivity index (χ0n) is 16.9. The highest BCUT2D eigenvalue weighted by Crippen LogP contribution is 2.12. The summed E-state index contributed by atoms with van der Waals surface area (Å²) in [6.45, 7) is 0.822. The number of carbonyl (C=O) groups excluding carboxylic acids is 1. The third-order valence-corrected chi connectivity index (χ3v) is 4.53. The van der Waals surface area contributed by atoms with Gasteiger partial charge in [-0.25, -0.2) is 4.79 Å². The van der Waals surface area contributed by atoms with Gasteiger partial charge in [-0.05, 0) is 29.3 Å². The molecule has 7 heteroatoms. The SMILES string of the molecule is Cn1cc(/C=C/C(=O)NCc2ccc(COc3ccccc3)cc2)c(=O)n(C)c1=O. The quantitative estimate of drug-likeness (QED) is 0.610. The van der Waals surface area contributed by atoms with Gasteiger partial charge in [0.15, 0.2) is 0 Å². The molecule has 1 N–H and O–H groups in total. The lowest BCUT2D eigenvalue weighted by Gasteiger charge is -2.07. The molecule has 1 heterocycles. The van der Waals surface area contributed by atoms with E-state index in [1.54, 1.807) is 7.05 Å². The topological polar surface area (TPSA) is 82.3 Å². The van der Waals surface area contributed by atoms with Crippen molar-refractivity contribution in [3.63, 3.8) is 0 Å². The summed E-state index contributed by atoms with van der Waals surface area (Å²) < 4.78 is 8.00. The largest absolute Gasteiger partial charge is 0.489 e. The number of nitrogens with one attached hydrogen (secondary N) is 1. The van der Waals surface area contributed by atoms with Crippen LogP contribution in [0.25, 0.3) is 6.08 Å². The monoisotopic (exact) mass is 405 g/mol. The van der Waals surface area contributed by atoms with E-state index in [0.717, 1.165) is 21.4 Å². The molecule has 1 amide bonds. The Morgan fingerprint density at radius 1 is 1.00 bits per heavy atom. The third kappa shape index (κ3) is 5.35. The number of nitrogens with zero attached hydrogens (tertiary/aromatic N) is 2. The fraction of sp³-hybridized carbons (Fsp3) is 0.174. The number of carbonyl (C=O) groups is 1. The van der Waals surface area contributed by atoms with Gasteiger partial charge in [-0.1, -0.05) is 42.5 Å². The number of benzene rings is 2. The Bertz CT molecular complexity index is 1160. The first-order valence-corrected chi connectivity index (χ1v) is 9.42. The van der Waals surface area contributed by atoms with Crippen LogP contribution in [-0.4, -0.2) is 15.0 Å². The predicted molar refractivity (Wildman–Crippen MR) is 115 cm³/mol. The Morgan fingerprint density at radius 2 is 1.67 bits per heavy atom. The molecule has 0 fully saturated rings. The average Bonchev–Trinajstić information content (AvgIpc) is 2.77. The molecule has 0 radical (unpaired) electrons. The number of aryl methyl sites for hydroxylation is 1. The molecule has 3 aromatic rings. The van der Waals surface area contributed by atoms with Gasteiger partial charge in [0.25, 0.3) is 5.56 Å². The summed E-state index contributed by atoms with van der Waals surface area (Å²) >= 11 is 0. The molecule has 0 bridgehead atoms. The number of aromatic nitrogens is 2. The maximum absolute atomic E-state index is 12.1. The summed E-state index contributed by atoms with van der Waals surface area (Å²) in [4.78, 5) is 35.8. The Hall–Kier alpha value is -3.87. The zero-order chi connectivity index (χ0) is 21.5. The van der Waals surface area contributed by atoms with Gasteiger partial charge in [-0.15, -0.1) is 0 Å². The molecular weight excluding hydrogens is 382 g/mol. The maximum Gasteiger partial charge on any atom is 0.330 e. The van der Waals surface area contributed by atoms with Crippen LogP contribution in [-0.2, 0) is 32.0 Å². The van der Waals surface area contributed by atoms with E-state index in [1.165, 1.54) is 30.0 Å². The van der Waals surface area contributed by atoms with E-state index in [2.05, 4.69) is 5.32 Å². The zero-order valence-corrected chi connectivity index (χ0v) is 16.9. The smallest absolute Gasteiger partial charge is 0.330 e. The van der Waals surface area contributed by atoms with Crippen LogP contribution in [0.1, 0.15) is 16.7 Å².